The highest BCUT2D eigenvalue weighted by atomic mass is 32.2. The highest BCUT2D eigenvalue weighted by Gasteiger charge is 2.30. The molecular weight excluding hydrogens is 421 g/mol. The smallest absolute Gasteiger partial charge is 0.416 e. The predicted octanol–water partition coefficient (Wildman–Crippen LogP) is 7.84. The Labute approximate surface area is 184 Å². The van der Waals surface area contributed by atoms with Gasteiger partial charge in [-0.1, -0.05) is 67.6 Å². The molecule has 0 radical (unpaired) electrons. The SMILES string of the molecule is CCCC(C(=O)SCc1cccc(Oc2ccccc2)c1)c1ccc(C(F)(F)F)cc1. The van der Waals surface area contributed by atoms with Crippen LogP contribution in [0.4, 0.5) is 13.2 Å². The zero-order valence-corrected chi connectivity index (χ0v) is 17.9. The van der Waals surface area contributed by atoms with E-state index in [0.717, 1.165) is 29.9 Å². The lowest BCUT2D eigenvalue weighted by Crippen LogP contribution is -2.11. The molecule has 0 saturated carbocycles. The van der Waals surface area contributed by atoms with E-state index < -0.39 is 17.7 Å². The van der Waals surface area contributed by atoms with Gasteiger partial charge in [0.25, 0.3) is 0 Å². The third kappa shape index (κ3) is 6.62. The van der Waals surface area contributed by atoms with Crippen molar-refractivity contribution in [1.29, 1.82) is 0 Å². The molecule has 0 bridgehead atoms. The van der Waals surface area contributed by atoms with Gasteiger partial charge in [-0.25, -0.2) is 0 Å². The average Bonchev–Trinajstić information content (AvgIpc) is 2.76. The first-order valence-corrected chi connectivity index (χ1v) is 11.0. The molecule has 0 N–H and O–H groups in total. The van der Waals surface area contributed by atoms with Gasteiger partial charge >= 0.3 is 6.18 Å². The maximum atomic E-state index is 12.9. The number of ether oxygens (including phenoxy) is 1. The van der Waals surface area contributed by atoms with Crippen molar-refractivity contribution in [3.63, 3.8) is 0 Å². The topological polar surface area (TPSA) is 26.3 Å². The molecule has 0 amide bonds. The van der Waals surface area contributed by atoms with Crippen LogP contribution in [0.1, 0.15) is 42.4 Å². The largest absolute Gasteiger partial charge is 0.457 e. The number of thioether (sulfide) groups is 1. The minimum absolute atomic E-state index is 0.0454. The summed E-state index contributed by atoms with van der Waals surface area (Å²) in [6, 6.07) is 21.9. The lowest BCUT2D eigenvalue weighted by atomic mass is 9.95. The van der Waals surface area contributed by atoms with Crippen LogP contribution >= 0.6 is 11.8 Å². The summed E-state index contributed by atoms with van der Waals surface area (Å²) in [7, 11) is 0. The van der Waals surface area contributed by atoms with E-state index in [1.807, 2.05) is 61.5 Å². The summed E-state index contributed by atoms with van der Waals surface area (Å²) in [6.07, 6.45) is -3.03. The molecule has 1 unspecified atom stereocenters. The molecule has 3 rings (SSSR count). The summed E-state index contributed by atoms with van der Waals surface area (Å²) in [5.74, 6) is 1.45. The van der Waals surface area contributed by atoms with Crippen molar-refractivity contribution in [2.75, 3.05) is 0 Å². The van der Waals surface area contributed by atoms with Crippen LogP contribution in [0.5, 0.6) is 11.5 Å². The first kappa shape index (κ1) is 22.9. The van der Waals surface area contributed by atoms with Gasteiger partial charge in [-0.2, -0.15) is 13.2 Å². The van der Waals surface area contributed by atoms with Gasteiger partial charge in [0.1, 0.15) is 11.5 Å². The Morgan fingerprint density at radius 3 is 2.26 bits per heavy atom. The van der Waals surface area contributed by atoms with Crippen LogP contribution in [0.25, 0.3) is 0 Å². The normalized spacial score (nSPS) is 12.4. The van der Waals surface area contributed by atoms with E-state index in [0.29, 0.717) is 23.5 Å². The van der Waals surface area contributed by atoms with E-state index in [1.54, 1.807) is 0 Å². The molecule has 0 heterocycles. The van der Waals surface area contributed by atoms with E-state index in [2.05, 4.69) is 0 Å². The Morgan fingerprint density at radius 2 is 1.61 bits per heavy atom. The summed E-state index contributed by atoms with van der Waals surface area (Å²) in [5.41, 5.74) is 0.852. The Morgan fingerprint density at radius 1 is 0.935 bits per heavy atom. The minimum atomic E-state index is -4.38. The summed E-state index contributed by atoms with van der Waals surface area (Å²) in [6.45, 7) is 1.96. The van der Waals surface area contributed by atoms with Crippen molar-refractivity contribution in [2.45, 2.75) is 37.6 Å². The number of para-hydroxylation sites is 1. The van der Waals surface area contributed by atoms with Gasteiger partial charge in [0.2, 0.25) is 0 Å². The van der Waals surface area contributed by atoms with Gasteiger partial charge in [-0.05, 0) is 53.9 Å². The van der Waals surface area contributed by atoms with E-state index in [9.17, 15) is 18.0 Å². The molecule has 0 spiro atoms. The molecule has 0 aliphatic heterocycles. The summed E-state index contributed by atoms with van der Waals surface area (Å²) in [4.78, 5) is 12.9. The van der Waals surface area contributed by atoms with Gasteiger partial charge in [0, 0.05) is 5.75 Å². The van der Waals surface area contributed by atoms with Crippen molar-refractivity contribution >= 4 is 16.9 Å². The first-order valence-electron chi connectivity index (χ1n) is 10.0. The standard InChI is InChI=1S/C25H23F3O2S/c1-2-7-23(19-12-14-20(15-13-19)25(26,27)28)24(29)31-17-18-8-6-11-22(16-18)30-21-9-4-3-5-10-21/h3-6,8-16,23H,2,7,17H2,1H3. The first-order chi connectivity index (χ1) is 14.9. The second kappa shape index (κ2) is 10.5. The van der Waals surface area contributed by atoms with Crippen LogP contribution in [-0.4, -0.2) is 5.12 Å². The number of alkyl halides is 3. The molecule has 162 valence electrons. The molecule has 1 atom stereocenters. The molecule has 0 saturated heterocycles. The van der Waals surface area contributed by atoms with Crippen molar-refractivity contribution in [3.05, 3.63) is 95.6 Å². The van der Waals surface area contributed by atoms with Crippen LogP contribution in [-0.2, 0) is 16.7 Å². The molecule has 3 aromatic rings. The van der Waals surface area contributed by atoms with Crippen molar-refractivity contribution < 1.29 is 22.7 Å². The number of halogens is 3. The maximum Gasteiger partial charge on any atom is 0.416 e. The molecule has 3 aromatic carbocycles. The fraction of sp³-hybridized carbons (Fsp3) is 0.240. The van der Waals surface area contributed by atoms with Crippen molar-refractivity contribution in [2.24, 2.45) is 0 Å². The van der Waals surface area contributed by atoms with Crippen LogP contribution in [0.2, 0.25) is 0 Å². The number of hydrogen-bond acceptors (Lipinski definition) is 3. The molecule has 31 heavy (non-hydrogen) atoms. The molecule has 2 nitrogen and oxygen atoms in total. The lowest BCUT2D eigenvalue weighted by Gasteiger charge is -2.16. The van der Waals surface area contributed by atoms with Crippen LogP contribution in [0.15, 0.2) is 78.9 Å². The lowest BCUT2D eigenvalue weighted by molar-refractivity contribution is -0.137. The molecule has 0 aromatic heterocycles. The summed E-state index contributed by atoms with van der Waals surface area (Å²) in [5, 5.41) is -0.0454. The number of rotatable bonds is 8. The Kier molecular flexibility index (Phi) is 7.80. The van der Waals surface area contributed by atoms with E-state index >= 15 is 0 Å². The fourth-order valence-electron chi connectivity index (χ4n) is 3.19. The van der Waals surface area contributed by atoms with Gasteiger partial charge in [0.05, 0.1) is 11.5 Å². The van der Waals surface area contributed by atoms with E-state index in [-0.39, 0.29) is 5.12 Å². The summed E-state index contributed by atoms with van der Waals surface area (Å²) < 4.78 is 44.3. The van der Waals surface area contributed by atoms with Gasteiger partial charge in [-0.3, -0.25) is 4.79 Å². The highest BCUT2D eigenvalue weighted by Crippen LogP contribution is 2.33. The second-order valence-electron chi connectivity index (χ2n) is 7.13. The Bertz CT molecular complexity index is 986. The number of carbonyl (C=O) groups is 1. The zero-order chi connectivity index (χ0) is 22.3. The van der Waals surface area contributed by atoms with Gasteiger partial charge in [-0.15, -0.1) is 0 Å². The second-order valence-corrected chi connectivity index (χ2v) is 8.11. The fourth-order valence-corrected chi connectivity index (χ4v) is 4.14. The Hall–Kier alpha value is -2.73. The minimum Gasteiger partial charge on any atom is -0.457 e. The molecule has 0 aliphatic rings. The number of carbonyl (C=O) groups excluding carboxylic acids is 1. The quantitative estimate of drug-likeness (QED) is 0.354. The predicted molar refractivity (Wildman–Crippen MR) is 118 cm³/mol. The van der Waals surface area contributed by atoms with Gasteiger partial charge in [0.15, 0.2) is 5.12 Å². The van der Waals surface area contributed by atoms with Gasteiger partial charge < -0.3 is 4.74 Å². The highest BCUT2D eigenvalue weighted by molar-refractivity contribution is 8.13. The molecule has 0 fully saturated rings. The monoisotopic (exact) mass is 444 g/mol. The molecular formula is C25H23F3O2S. The average molecular weight is 445 g/mol. The summed E-state index contributed by atoms with van der Waals surface area (Å²) >= 11 is 1.18. The number of benzene rings is 3. The van der Waals surface area contributed by atoms with Crippen LogP contribution in [0.3, 0.4) is 0 Å². The van der Waals surface area contributed by atoms with Crippen molar-refractivity contribution in [1.82, 2.24) is 0 Å². The maximum absolute atomic E-state index is 12.9. The third-order valence-electron chi connectivity index (χ3n) is 4.76. The zero-order valence-electron chi connectivity index (χ0n) is 17.1. The molecule has 6 heteroatoms. The number of hydrogen-bond donors (Lipinski definition) is 0. The van der Waals surface area contributed by atoms with E-state index in [4.69, 9.17) is 4.74 Å². The Balaban J connectivity index is 1.65. The van der Waals surface area contributed by atoms with Crippen molar-refractivity contribution in [3.8, 4) is 11.5 Å². The van der Waals surface area contributed by atoms with Crippen LogP contribution < -0.4 is 4.74 Å². The third-order valence-corrected chi connectivity index (χ3v) is 5.81. The molecule has 0 aliphatic carbocycles. The van der Waals surface area contributed by atoms with E-state index in [1.165, 1.54) is 23.9 Å². The van der Waals surface area contributed by atoms with Crippen LogP contribution in [0, 0.1) is 0 Å².